The van der Waals surface area contributed by atoms with E-state index in [2.05, 4.69) is 24.3 Å². The number of likely N-dealkylation sites (tertiary alicyclic amines) is 1. The molecule has 3 heteroatoms. The van der Waals surface area contributed by atoms with Crippen LogP contribution in [0.4, 0.5) is 0 Å². The first-order valence-electron chi connectivity index (χ1n) is 9.35. The standard InChI is InChI=1S/C24H23NO2/c26-23-15-16-24(27,25(23)18-20-7-3-1-4-8-20)17-19-11-13-22(14-12-19)21-9-5-2-6-10-21/h1-14,27H,15-18H2. The topological polar surface area (TPSA) is 40.5 Å². The van der Waals surface area contributed by atoms with Gasteiger partial charge >= 0.3 is 0 Å². The summed E-state index contributed by atoms with van der Waals surface area (Å²) in [5.74, 6) is 0.0160. The second kappa shape index (κ2) is 7.37. The van der Waals surface area contributed by atoms with Gasteiger partial charge in [-0.2, -0.15) is 0 Å². The van der Waals surface area contributed by atoms with Crippen molar-refractivity contribution < 1.29 is 9.90 Å². The number of amides is 1. The van der Waals surface area contributed by atoms with Gasteiger partial charge in [0.05, 0.1) is 0 Å². The fourth-order valence-electron chi connectivity index (χ4n) is 3.77. The molecule has 1 N–H and O–H groups in total. The van der Waals surface area contributed by atoms with Gasteiger partial charge < -0.3 is 10.0 Å². The van der Waals surface area contributed by atoms with Crippen LogP contribution in [0.3, 0.4) is 0 Å². The molecule has 0 radical (unpaired) electrons. The summed E-state index contributed by atoms with van der Waals surface area (Å²) in [7, 11) is 0. The van der Waals surface area contributed by atoms with E-state index in [9.17, 15) is 9.90 Å². The summed E-state index contributed by atoms with van der Waals surface area (Å²) in [5, 5.41) is 11.2. The Morgan fingerprint density at radius 2 is 1.37 bits per heavy atom. The molecule has 0 bridgehead atoms. The molecule has 4 rings (SSSR count). The predicted molar refractivity (Wildman–Crippen MR) is 107 cm³/mol. The van der Waals surface area contributed by atoms with E-state index >= 15 is 0 Å². The van der Waals surface area contributed by atoms with Gasteiger partial charge in [-0.15, -0.1) is 0 Å². The van der Waals surface area contributed by atoms with Gasteiger partial charge in [0.1, 0.15) is 5.72 Å². The highest BCUT2D eigenvalue weighted by Crippen LogP contribution is 2.33. The van der Waals surface area contributed by atoms with E-state index in [1.165, 1.54) is 5.56 Å². The number of carbonyl (C=O) groups excluding carboxylic acids is 1. The van der Waals surface area contributed by atoms with Crippen molar-refractivity contribution in [3.63, 3.8) is 0 Å². The van der Waals surface area contributed by atoms with Crippen molar-refractivity contribution in [1.82, 2.24) is 4.90 Å². The van der Waals surface area contributed by atoms with Crippen LogP contribution in [0.5, 0.6) is 0 Å². The van der Waals surface area contributed by atoms with E-state index in [0.717, 1.165) is 16.7 Å². The summed E-state index contributed by atoms with van der Waals surface area (Å²) in [6, 6.07) is 28.3. The normalized spacial score (nSPS) is 19.4. The molecule has 0 aliphatic carbocycles. The first-order chi connectivity index (χ1) is 13.1. The molecule has 3 aromatic rings. The number of hydrogen-bond acceptors (Lipinski definition) is 2. The van der Waals surface area contributed by atoms with Gasteiger partial charge in [-0.3, -0.25) is 4.79 Å². The first-order valence-corrected chi connectivity index (χ1v) is 9.35. The molecule has 3 nitrogen and oxygen atoms in total. The van der Waals surface area contributed by atoms with Gasteiger partial charge in [0.2, 0.25) is 5.91 Å². The minimum absolute atomic E-state index is 0.0160. The van der Waals surface area contributed by atoms with Crippen LogP contribution in [0.2, 0.25) is 0 Å². The van der Waals surface area contributed by atoms with Crippen LogP contribution in [0, 0.1) is 0 Å². The average Bonchev–Trinajstić information content (AvgIpc) is 2.98. The quantitative estimate of drug-likeness (QED) is 0.735. The smallest absolute Gasteiger partial charge is 0.225 e. The number of nitrogens with zero attached hydrogens (tertiary/aromatic N) is 1. The third-order valence-corrected chi connectivity index (χ3v) is 5.27. The molecule has 1 aliphatic rings. The number of aliphatic hydroxyl groups is 1. The second-order valence-corrected chi connectivity index (χ2v) is 7.19. The highest BCUT2D eigenvalue weighted by molar-refractivity contribution is 5.79. The van der Waals surface area contributed by atoms with Crippen LogP contribution in [0.25, 0.3) is 11.1 Å². The molecule has 1 amide bonds. The molecule has 1 aliphatic heterocycles. The lowest BCUT2D eigenvalue weighted by Gasteiger charge is -2.34. The molecule has 27 heavy (non-hydrogen) atoms. The molecule has 0 spiro atoms. The molecule has 1 heterocycles. The van der Waals surface area contributed by atoms with E-state index in [-0.39, 0.29) is 5.91 Å². The molecule has 0 aromatic heterocycles. The number of rotatable bonds is 5. The lowest BCUT2D eigenvalue weighted by Crippen LogP contribution is -2.46. The third-order valence-electron chi connectivity index (χ3n) is 5.27. The van der Waals surface area contributed by atoms with E-state index in [4.69, 9.17) is 0 Å². The van der Waals surface area contributed by atoms with Crippen LogP contribution in [0.15, 0.2) is 84.9 Å². The monoisotopic (exact) mass is 357 g/mol. The fraction of sp³-hybridized carbons (Fsp3) is 0.208. The van der Waals surface area contributed by atoms with Crippen LogP contribution < -0.4 is 0 Å². The summed E-state index contributed by atoms with van der Waals surface area (Å²) >= 11 is 0. The van der Waals surface area contributed by atoms with Gasteiger partial charge in [0.15, 0.2) is 0 Å². The van der Waals surface area contributed by atoms with Crippen LogP contribution in [-0.2, 0) is 17.8 Å². The van der Waals surface area contributed by atoms with Gasteiger partial charge in [-0.1, -0.05) is 84.9 Å². The van der Waals surface area contributed by atoms with Crippen LogP contribution in [-0.4, -0.2) is 21.6 Å². The summed E-state index contributed by atoms with van der Waals surface area (Å²) in [4.78, 5) is 14.0. The molecular formula is C24H23NO2. The Bertz CT molecular complexity index is 906. The summed E-state index contributed by atoms with van der Waals surface area (Å²) < 4.78 is 0. The minimum Gasteiger partial charge on any atom is -0.370 e. The highest BCUT2D eigenvalue weighted by atomic mass is 16.3. The number of benzene rings is 3. The second-order valence-electron chi connectivity index (χ2n) is 7.19. The molecule has 1 fully saturated rings. The Labute approximate surface area is 159 Å². The maximum absolute atomic E-state index is 12.4. The van der Waals surface area contributed by atoms with E-state index < -0.39 is 5.72 Å². The minimum atomic E-state index is -1.12. The Kier molecular flexibility index (Phi) is 4.78. The Morgan fingerprint density at radius 1 is 0.778 bits per heavy atom. The van der Waals surface area contributed by atoms with E-state index in [0.29, 0.717) is 25.8 Å². The molecule has 1 atom stereocenters. The summed E-state index contributed by atoms with van der Waals surface area (Å²) in [5.41, 5.74) is 3.26. The third kappa shape index (κ3) is 3.79. The maximum Gasteiger partial charge on any atom is 0.225 e. The fourth-order valence-corrected chi connectivity index (χ4v) is 3.77. The molecular weight excluding hydrogens is 334 g/mol. The summed E-state index contributed by atoms with van der Waals surface area (Å²) in [6.07, 6.45) is 1.31. The van der Waals surface area contributed by atoms with E-state index in [1.54, 1.807) is 4.90 Å². The molecule has 1 unspecified atom stereocenters. The van der Waals surface area contributed by atoms with Crippen LogP contribution >= 0.6 is 0 Å². The molecule has 0 saturated carbocycles. The maximum atomic E-state index is 12.4. The van der Waals surface area contributed by atoms with Crippen molar-refractivity contribution in [2.45, 2.75) is 31.5 Å². The van der Waals surface area contributed by atoms with Crippen molar-refractivity contribution in [3.8, 4) is 11.1 Å². The lowest BCUT2D eigenvalue weighted by molar-refractivity contribution is -0.146. The zero-order valence-corrected chi connectivity index (χ0v) is 15.2. The Hall–Kier alpha value is -2.91. The molecule has 3 aromatic carbocycles. The number of carbonyl (C=O) groups is 1. The van der Waals surface area contributed by atoms with Crippen molar-refractivity contribution in [1.29, 1.82) is 0 Å². The van der Waals surface area contributed by atoms with Gasteiger partial charge in [0.25, 0.3) is 0 Å². The van der Waals surface area contributed by atoms with Crippen molar-refractivity contribution >= 4 is 5.91 Å². The summed E-state index contributed by atoms with van der Waals surface area (Å²) in [6.45, 7) is 0.443. The first kappa shape index (κ1) is 17.5. The van der Waals surface area contributed by atoms with Crippen molar-refractivity contribution in [3.05, 3.63) is 96.1 Å². The number of hydrogen-bond donors (Lipinski definition) is 1. The SMILES string of the molecule is O=C1CCC(O)(Cc2ccc(-c3ccccc3)cc2)N1Cc1ccccc1. The zero-order valence-electron chi connectivity index (χ0n) is 15.2. The van der Waals surface area contributed by atoms with Crippen LogP contribution in [0.1, 0.15) is 24.0 Å². The lowest BCUT2D eigenvalue weighted by atomic mass is 9.97. The van der Waals surface area contributed by atoms with Gasteiger partial charge in [-0.05, 0) is 22.3 Å². The Morgan fingerprint density at radius 3 is 2.04 bits per heavy atom. The predicted octanol–water partition coefficient (Wildman–Crippen LogP) is 4.41. The Balaban J connectivity index is 1.52. The van der Waals surface area contributed by atoms with Gasteiger partial charge in [-0.25, -0.2) is 0 Å². The average molecular weight is 357 g/mol. The van der Waals surface area contributed by atoms with E-state index in [1.807, 2.05) is 60.7 Å². The highest BCUT2D eigenvalue weighted by Gasteiger charge is 2.43. The van der Waals surface area contributed by atoms with Gasteiger partial charge in [0, 0.05) is 25.8 Å². The largest absolute Gasteiger partial charge is 0.370 e. The van der Waals surface area contributed by atoms with Crippen molar-refractivity contribution in [2.75, 3.05) is 0 Å². The zero-order chi connectivity index (χ0) is 18.7. The molecule has 136 valence electrons. The van der Waals surface area contributed by atoms with Crippen molar-refractivity contribution in [2.24, 2.45) is 0 Å². The molecule has 1 saturated heterocycles.